The topological polar surface area (TPSA) is 12.4 Å². The van der Waals surface area contributed by atoms with Crippen LogP contribution in [0.15, 0.2) is 59.6 Å². The van der Waals surface area contributed by atoms with E-state index >= 15 is 0 Å². The van der Waals surface area contributed by atoms with Crippen molar-refractivity contribution in [3.8, 4) is 11.8 Å². The highest BCUT2D eigenvalue weighted by molar-refractivity contribution is 6.13. The van der Waals surface area contributed by atoms with Gasteiger partial charge >= 0.3 is 0 Å². The summed E-state index contributed by atoms with van der Waals surface area (Å²) in [6.45, 7) is 6.21. The molecule has 2 aromatic carbocycles. The molecule has 1 heteroatoms. The highest BCUT2D eigenvalue weighted by Crippen LogP contribution is 2.05. The molecule has 0 aliphatic rings. The average Bonchev–Trinajstić information content (AvgIpc) is 2.46. The third kappa shape index (κ3) is 4.10. The molecule has 0 atom stereocenters. The molecule has 2 rings (SSSR count). The van der Waals surface area contributed by atoms with Gasteiger partial charge in [-0.1, -0.05) is 53.9 Å². The van der Waals surface area contributed by atoms with Crippen molar-refractivity contribution in [3.63, 3.8) is 0 Å². The highest BCUT2D eigenvalue weighted by Gasteiger charge is 2.00. The molecule has 0 aliphatic heterocycles. The van der Waals surface area contributed by atoms with Crippen molar-refractivity contribution in [1.29, 1.82) is 0 Å². The van der Waals surface area contributed by atoms with E-state index in [1.807, 2.05) is 42.5 Å². The maximum atomic E-state index is 4.62. The summed E-state index contributed by atoms with van der Waals surface area (Å²) < 4.78 is 0. The summed E-state index contributed by atoms with van der Waals surface area (Å²) in [6.07, 6.45) is 0. The van der Waals surface area contributed by atoms with Crippen molar-refractivity contribution in [3.05, 3.63) is 71.3 Å². The van der Waals surface area contributed by atoms with Crippen molar-refractivity contribution < 1.29 is 0 Å². The van der Waals surface area contributed by atoms with Gasteiger partial charge in [0, 0.05) is 17.2 Å². The van der Waals surface area contributed by atoms with Crippen molar-refractivity contribution in [1.82, 2.24) is 0 Å². The highest BCUT2D eigenvalue weighted by atomic mass is 14.8. The first-order chi connectivity index (χ1) is 9.65. The molecule has 0 aliphatic carbocycles. The number of hydrogen-bond acceptors (Lipinski definition) is 1. The Bertz CT molecular complexity index is 638. The van der Waals surface area contributed by atoms with E-state index in [4.69, 9.17) is 0 Å². The van der Waals surface area contributed by atoms with E-state index in [1.54, 1.807) is 0 Å². The first-order valence-corrected chi connectivity index (χ1v) is 6.87. The Morgan fingerprint density at radius 3 is 2.20 bits per heavy atom. The summed E-state index contributed by atoms with van der Waals surface area (Å²) in [6, 6.07) is 18.6. The fourth-order valence-corrected chi connectivity index (χ4v) is 1.80. The van der Waals surface area contributed by atoms with Crippen molar-refractivity contribution in [2.75, 3.05) is 0 Å². The van der Waals surface area contributed by atoms with Crippen molar-refractivity contribution in [2.24, 2.45) is 4.99 Å². The van der Waals surface area contributed by atoms with Crippen LogP contribution in [0.25, 0.3) is 0 Å². The van der Waals surface area contributed by atoms with Gasteiger partial charge in [-0.2, -0.15) is 0 Å². The van der Waals surface area contributed by atoms with Crippen LogP contribution in [-0.4, -0.2) is 11.8 Å². The summed E-state index contributed by atoms with van der Waals surface area (Å²) >= 11 is 0. The third-order valence-corrected chi connectivity index (χ3v) is 2.81. The molecule has 0 bridgehead atoms. The third-order valence-electron chi connectivity index (χ3n) is 2.81. The number of aryl methyl sites for hydroxylation is 1. The zero-order valence-electron chi connectivity index (χ0n) is 12.2. The van der Waals surface area contributed by atoms with E-state index in [-0.39, 0.29) is 6.04 Å². The minimum Gasteiger partial charge on any atom is -0.273 e. The number of benzene rings is 2. The molecule has 0 heterocycles. The summed E-state index contributed by atoms with van der Waals surface area (Å²) in [5, 5.41) is 0. The van der Waals surface area contributed by atoms with Gasteiger partial charge < -0.3 is 0 Å². The molecule has 2 aromatic rings. The Balaban J connectivity index is 2.33. The van der Waals surface area contributed by atoms with E-state index in [9.17, 15) is 0 Å². The minimum atomic E-state index is 0.234. The van der Waals surface area contributed by atoms with Gasteiger partial charge in [-0.15, -0.1) is 0 Å². The van der Waals surface area contributed by atoms with E-state index in [0.29, 0.717) is 0 Å². The number of nitrogens with zero attached hydrogens (tertiary/aromatic N) is 1. The number of hydrogen-bond donors (Lipinski definition) is 0. The summed E-state index contributed by atoms with van der Waals surface area (Å²) in [5.41, 5.74) is 4.18. The van der Waals surface area contributed by atoms with Crippen LogP contribution < -0.4 is 0 Å². The van der Waals surface area contributed by atoms with Crippen LogP contribution >= 0.6 is 0 Å². The lowest BCUT2D eigenvalue weighted by atomic mass is 10.1. The smallest absolute Gasteiger partial charge is 0.115 e. The van der Waals surface area contributed by atoms with Gasteiger partial charge in [0.15, 0.2) is 0 Å². The minimum absolute atomic E-state index is 0.234. The zero-order chi connectivity index (χ0) is 14.4. The molecule has 0 N–H and O–H groups in total. The number of rotatable bonds is 2. The molecular weight excluding hydrogens is 242 g/mol. The quantitative estimate of drug-likeness (QED) is 0.566. The largest absolute Gasteiger partial charge is 0.273 e. The molecule has 20 heavy (non-hydrogen) atoms. The van der Waals surface area contributed by atoms with Crippen LogP contribution in [0.1, 0.15) is 30.5 Å². The van der Waals surface area contributed by atoms with Crippen LogP contribution in [-0.2, 0) is 0 Å². The molecular formula is C19H19N. The maximum Gasteiger partial charge on any atom is 0.115 e. The predicted octanol–water partition coefficient (Wildman–Crippen LogP) is 4.24. The standard InChI is InChI=1S/C19H19N/c1-15(2)20-19(18-7-5-4-6-8-18)14-13-17-11-9-16(3)10-12-17/h4-12,15H,1-3H3. The van der Waals surface area contributed by atoms with Gasteiger partial charge in [0.1, 0.15) is 5.71 Å². The second-order valence-corrected chi connectivity index (χ2v) is 5.05. The molecule has 0 fully saturated rings. The Kier molecular flexibility index (Phi) is 4.74. The Morgan fingerprint density at radius 1 is 0.950 bits per heavy atom. The zero-order valence-corrected chi connectivity index (χ0v) is 12.2. The fraction of sp³-hybridized carbons (Fsp3) is 0.211. The molecule has 0 aromatic heterocycles. The first kappa shape index (κ1) is 14.1. The van der Waals surface area contributed by atoms with Crippen LogP contribution in [0.5, 0.6) is 0 Å². The molecule has 0 saturated heterocycles. The Labute approximate surface area is 121 Å². The second-order valence-electron chi connectivity index (χ2n) is 5.05. The summed E-state index contributed by atoms with van der Waals surface area (Å²) in [7, 11) is 0. The van der Waals surface area contributed by atoms with Crippen LogP contribution in [0, 0.1) is 18.8 Å². The predicted molar refractivity (Wildman–Crippen MR) is 86.2 cm³/mol. The van der Waals surface area contributed by atoms with Gasteiger partial charge in [0.05, 0.1) is 0 Å². The van der Waals surface area contributed by atoms with E-state index in [0.717, 1.165) is 16.8 Å². The van der Waals surface area contributed by atoms with Gasteiger partial charge in [-0.3, -0.25) is 4.99 Å². The van der Waals surface area contributed by atoms with E-state index in [1.165, 1.54) is 5.56 Å². The molecule has 0 amide bonds. The van der Waals surface area contributed by atoms with Crippen molar-refractivity contribution in [2.45, 2.75) is 26.8 Å². The lowest BCUT2D eigenvalue weighted by Crippen LogP contribution is -2.02. The normalized spacial score (nSPS) is 11.1. The lowest BCUT2D eigenvalue weighted by molar-refractivity contribution is 0.838. The summed E-state index contributed by atoms with van der Waals surface area (Å²) in [5.74, 6) is 6.40. The van der Waals surface area contributed by atoms with Gasteiger partial charge in [0.2, 0.25) is 0 Å². The molecule has 100 valence electrons. The second kappa shape index (κ2) is 6.73. The summed E-state index contributed by atoms with van der Waals surface area (Å²) in [4.78, 5) is 4.62. The molecule has 0 unspecified atom stereocenters. The Morgan fingerprint density at radius 2 is 1.60 bits per heavy atom. The first-order valence-electron chi connectivity index (χ1n) is 6.87. The van der Waals surface area contributed by atoms with Gasteiger partial charge in [-0.05, 0) is 38.8 Å². The van der Waals surface area contributed by atoms with Crippen LogP contribution in [0.2, 0.25) is 0 Å². The SMILES string of the molecule is Cc1ccc(C#CC(=NC(C)C)c2ccccc2)cc1. The van der Waals surface area contributed by atoms with Crippen molar-refractivity contribution >= 4 is 5.71 Å². The van der Waals surface area contributed by atoms with E-state index < -0.39 is 0 Å². The molecule has 0 radical (unpaired) electrons. The van der Waals surface area contributed by atoms with Gasteiger partial charge in [-0.25, -0.2) is 0 Å². The van der Waals surface area contributed by atoms with Gasteiger partial charge in [0.25, 0.3) is 0 Å². The van der Waals surface area contributed by atoms with Crippen LogP contribution in [0.3, 0.4) is 0 Å². The van der Waals surface area contributed by atoms with Crippen LogP contribution in [0.4, 0.5) is 0 Å². The molecule has 0 saturated carbocycles. The molecule has 0 spiro atoms. The maximum absolute atomic E-state index is 4.62. The lowest BCUT2D eigenvalue weighted by Gasteiger charge is -2.02. The van der Waals surface area contributed by atoms with E-state index in [2.05, 4.69) is 49.7 Å². The fourth-order valence-electron chi connectivity index (χ4n) is 1.80. The number of aliphatic imine (C=N–C) groups is 1. The monoisotopic (exact) mass is 261 g/mol. The average molecular weight is 261 g/mol. The Hall–Kier alpha value is -2.33. The molecule has 1 nitrogen and oxygen atoms in total.